The molecule has 1 nitrogen and oxygen atoms in total. The molecule has 1 aromatic carbocycles. The predicted octanol–water partition coefficient (Wildman–Crippen LogP) is 7.44. The lowest BCUT2D eigenvalue weighted by atomic mass is 10.0. The summed E-state index contributed by atoms with van der Waals surface area (Å²) in [7, 11) is 0. The molecule has 0 saturated carbocycles. The number of unbranched alkanes of at least 4 members (excludes halogenated alkanes) is 7. The van der Waals surface area contributed by atoms with Crippen molar-refractivity contribution in [3.63, 3.8) is 0 Å². The van der Waals surface area contributed by atoms with Gasteiger partial charge in [-0.3, -0.25) is 0 Å². The molecule has 25 heavy (non-hydrogen) atoms. The van der Waals surface area contributed by atoms with Gasteiger partial charge in [-0.2, -0.15) is 0 Å². The van der Waals surface area contributed by atoms with Crippen LogP contribution in [0.15, 0.2) is 61.2 Å². The van der Waals surface area contributed by atoms with Crippen molar-refractivity contribution in [3.8, 4) is 5.75 Å². The summed E-state index contributed by atoms with van der Waals surface area (Å²) in [6.07, 6.45) is 23.0. The summed E-state index contributed by atoms with van der Waals surface area (Å²) in [6.45, 7) is 6.61. The van der Waals surface area contributed by atoms with Crippen molar-refractivity contribution >= 4 is 0 Å². The van der Waals surface area contributed by atoms with Crippen molar-refractivity contribution in [2.75, 3.05) is 6.61 Å². The maximum absolute atomic E-state index is 5.70. The van der Waals surface area contributed by atoms with E-state index < -0.39 is 0 Å². The lowest BCUT2D eigenvalue weighted by Crippen LogP contribution is -1.95. The minimum atomic E-state index is 0.810. The number of rotatable bonds is 15. The normalized spacial score (nSPS) is 11.4. The Morgan fingerprint density at radius 3 is 2.44 bits per heavy atom. The Kier molecular flexibility index (Phi) is 13.4. The highest BCUT2D eigenvalue weighted by molar-refractivity contribution is 5.28. The second-order valence-electron chi connectivity index (χ2n) is 6.56. The molecule has 0 heterocycles. The molecule has 0 spiro atoms. The summed E-state index contributed by atoms with van der Waals surface area (Å²) < 4.78 is 5.70. The van der Waals surface area contributed by atoms with Crippen molar-refractivity contribution in [1.29, 1.82) is 0 Å². The highest BCUT2D eigenvalue weighted by Gasteiger charge is 1.98. The topological polar surface area (TPSA) is 9.23 Å². The Hall–Kier alpha value is -1.76. The van der Waals surface area contributed by atoms with Gasteiger partial charge in [0.2, 0.25) is 0 Å². The van der Waals surface area contributed by atoms with Gasteiger partial charge in [0.25, 0.3) is 0 Å². The minimum absolute atomic E-state index is 0.810. The van der Waals surface area contributed by atoms with Crippen LogP contribution in [0.25, 0.3) is 0 Å². The first-order chi connectivity index (χ1) is 12.4. The third-order valence-electron chi connectivity index (χ3n) is 4.20. The Balaban J connectivity index is 1.97. The Labute approximate surface area is 155 Å². The van der Waals surface area contributed by atoms with E-state index in [0.29, 0.717) is 0 Å². The fourth-order valence-corrected chi connectivity index (χ4v) is 2.80. The Bertz CT molecular complexity index is 499. The van der Waals surface area contributed by atoms with Crippen LogP contribution in [0.3, 0.4) is 0 Å². The number of aryl methyl sites for hydroxylation is 1. The van der Waals surface area contributed by atoms with Gasteiger partial charge in [-0.05, 0) is 49.8 Å². The average Bonchev–Trinajstić information content (AvgIpc) is 2.64. The first kappa shape index (κ1) is 21.3. The van der Waals surface area contributed by atoms with Crippen LogP contribution in [0.1, 0.15) is 70.3 Å². The summed E-state index contributed by atoms with van der Waals surface area (Å²) in [5, 5.41) is 0. The zero-order chi connectivity index (χ0) is 18.0. The van der Waals surface area contributed by atoms with Crippen LogP contribution >= 0.6 is 0 Å². The monoisotopic (exact) mass is 340 g/mol. The highest BCUT2D eigenvalue weighted by Crippen LogP contribution is 2.16. The molecule has 0 fully saturated rings. The molecule has 0 radical (unpaired) electrons. The standard InChI is InChI=1S/C24H36O/c1-3-5-6-7-8-9-10-11-12-13-14-15-16-18-23-19-17-20-24(22-23)25-21-4-2/h3,5-8,17,19-20,22H,1,4,9-16,18,21H2,2H3/b6-5?,8-7+. The van der Waals surface area contributed by atoms with Crippen LogP contribution in [0, 0.1) is 0 Å². The predicted molar refractivity (Wildman–Crippen MR) is 111 cm³/mol. The van der Waals surface area contributed by atoms with E-state index in [1.165, 1.54) is 63.4 Å². The lowest BCUT2D eigenvalue weighted by Gasteiger charge is -2.07. The van der Waals surface area contributed by atoms with E-state index in [1.807, 2.05) is 12.2 Å². The summed E-state index contributed by atoms with van der Waals surface area (Å²) in [4.78, 5) is 0. The number of benzene rings is 1. The molecule has 1 aromatic rings. The second kappa shape index (κ2) is 15.7. The SMILES string of the molecule is C=CC=C/C=C/CCCCCCCCCc1cccc(OCCC)c1. The molecule has 138 valence electrons. The van der Waals surface area contributed by atoms with Crippen molar-refractivity contribution in [3.05, 3.63) is 66.8 Å². The van der Waals surface area contributed by atoms with Gasteiger partial charge in [-0.1, -0.05) is 88.1 Å². The van der Waals surface area contributed by atoms with E-state index in [-0.39, 0.29) is 0 Å². The van der Waals surface area contributed by atoms with E-state index in [4.69, 9.17) is 4.74 Å². The quantitative estimate of drug-likeness (QED) is 0.238. The van der Waals surface area contributed by atoms with Crippen molar-refractivity contribution in [2.45, 2.75) is 71.1 Å². The first-order valence-electron chi connectivity index (χ1n) is 10.0. The smallest absolute Gasteiger partial charge is 0.119 e. The molecule has 0 aromatic heterocycles. The van der Waals surface area contributed by atoms with E-state index in [0.717, 1.165) is 18.8 Å². The van der Waals surface area contributed by atoms with Crippen molar-refractivity contribution < 1.29 is 4.74 Å². The largest absolute Gasteiger partial charge is 0.494 e. The fraction of sp³-hybridized carbons (Fsp3) is 0.500. The first-order valence-corrected chi connectivity index (χ1v) is 10.0. The highest BCUT2D eigenvalue weighted by atomic mass is 16.5. The molecule has 0 aliphatic heterocycles. The fourth-order valence-electron chi connectivity index (χ4n) is 2.80. The van der Waals surface area contributed by atoms with Crippen LogP contribution in [0.4, 0.5) is 0 Å². The van der Waals surface area contributed by atoms with Crippen LogP contribution < -0.4 is 4.74 Å². The zero-order valence-corrected chi connectivity index (χ0v) is 16.1. The molecule has 0 unspecified atom stereocenters. The summed E-state index contributed by atoms with van der Waals surface area (Å²) in [5.41, 5.74) is 1.41. The molecule has 0 bridgehead atoms. The number of hydrogen-bond donors (Lipinski definition) is 0. The number of hydrogen-bond acceptors (Lipinski definition) is 1. The van der Waals surface area contributed by atoms with Gasteiger partial charge in [-0.25, -0.2) is 0 Å². The molecule has 0 atom stereocenters. The summed E-state index contributed by atoms with van der Waals surface area (Å²) in [5.74, 6) is 1.02. The molecule has 0 amide bonds. The third kappa shape index (κ3) is 12.3. The van der Waals surface area contributed by atoms with Crippen molar-refractivity contribution in [2.24, 2.45) is 0 Å². The maximum atomic E-state index is 5.70. The van der Waals surface area contributed by atoms with E-state index in [9.17, 15) is 0 Å². The maximum Gasteiger partial charge on any atom is 0.119 e. The summed E-state index contributed by atoms with van der Waals surface area (Å²) >= 11 is 0. The van der Waals surface area contributed by atoms with E-state index >= 15 is 0 Å². The zero-order valence-electron chi connectivity index (χ0n) is 16.1. The molecular weight excluding hydrogens is 304 g/mol. The van der Waals surface area contributed by atoms with Gasteiger partial charge in [0.15, 0.2) is 0 Å². The van der Waals surface area contributed by atoms with Gasteiger partial charge in [0.1, 0.15) is 5.75 Å². The van der Waals surface area contributed by atoms with Crippen LogP contribution in [0.2, 0.25) is 0 Å². The molecule has 0 saturated heterocycles. The number of ether oxygens (including phenoxy) is 1. The van der Waals surface area contributed by atoms with Crippen LogP contribution in [-0.2, 0) is 6.42 Å². The molecule has 0 aliphatic rings. The molecule has 1 heteroatoms. The van der Waals surface area contributed by atoms with Gasteiger partial charge in [-0.15, -0.1) is 0 Å². The third-order valence-corrected chi connectivity index (χ3v) is 4.20. The van der Waals surface area contributed by atoms with E-state index in [1.54, 1.807) is 6.08 Å². The van der Waals surface area contributed by atoms with Gasteiger partial charge >= 0.3 is 0 Å². The molecule has 0 aliphatic carbocycles. The van der Waals surface area contributed by atoms with Gasteiger partial charge < -0.3 is 4.74 Å². The average molecular weight is 341 g/mol. The lowest BCUT2D eigenvalue weighted by molar-refractivity contribution is 0.317. The van der Waals surface area contributed by atoms with Gasteiger partial charge in [0.05, 0.1) is 6.61 Å². The van der Waals surface area contributed by atoms with E-state index in [2.05, 4.69) is 49.9 Å². The van der Waals surface area contributed by atoms with Crippen LogP contribution in [0.5, 0.6) is 5.75 Å². The van der Waals surface area contributed by atoms with Crippen LogP contribution in [-0.4, -0.2) is 6.61 Å². The molecule has 1 rings (SSSR count). The van der Waals surface area contributed by atoms with Crippen molar-refractivity contribution in [1.82, 2.24) is 0 Å². The summed E-state index contributed by atoms with van der Waals surface area (Å²) in [6, 6.07) is 8.59. The number of allylic oxidation sites excluding steroid dienone is 5. The Morgan fingerprint density at radius 2 is 1.68 bits per heavy atom. The minimum Gasteiger partial charge on any atom is -0.494 e. The van der Waals surface area contributed by atoms with Gasteiger partial charge in [0, 0.05) is 0 Å². The second-order valence-corrected chi connectivity index (χ2v) is 6.56. The molecular formula is C24H36O. The molecule has 0 N–H and O–H groups in total. The Morgan fingerprint density at radius 1 is 0.920 bits per heavy atom.